The highest BCUT2D eigenvalue weighted by atomic mass is 16.5. The highest BCUT2D eigenvalue weighted by Gasteiger charge is 2.62. The number of benzene rings is 1. The fraction of sp³-hybridized carbons (Fsp3) is 0.611. The zero-order valence-corrected chi connectivity index (χ0v) is 14.0. The second kappa shape index (κ2) is 7.25. The Kier molecular flexibility index (Phi) is 5.59. The van der Waals surface area contributed by atoms with Crippen LogP contribution in [0, 0.1) is 5.92 Å². The van der Waals surface area contributed by atoms with Crippen molar-refractivity contribution < 1.29 is 14.3 Å². The topological polar surface area (TPSA) is 38.8 Å². The normalized spacial score (nSPS) is 24.7. The molecule has 2 rings (SSSR count). The van der Waals surface area contributed by atoms with E-state index in [-0.39, 0.29) is 17.4 Å². The van der Waals surface area contributed by atoms with Crippen molar-refractivity contribution >= 4 is 5.91 Å². The Hall–Kier alpha value is -1.39. The summed E-state index contributed by atoms with van der Waals surface area (Å²) >= 11 is 0. The van der Waals surface area contributed by atoms with Crippen molar-refractivity contribution in [3.63, 3.8) is 0 Å². The lowest BCUT2D eigenvalue weighted by atomic mass is 9.67. The maximum atomic E-state index is 12.5. The van der Waals surface area contributed by atoms with E-state index in [2.05, 4.69) is 26.0 Å². The smallest absolute Gasteiger partial charge is 0.255 e. The van der Waals surface area contributed by atoms with Crippen LogP contribution in [0.4, 0.5) is 0 Å². The van der Waals surface area contributed by atoms with Crippen molar-refractivity contribution in [3.8, 4) is 0 Å². The molecule has 0 N–H and O–H groups in total. The Morgan fingerprint density at radius 2 is 1.95 bits per heavy atom. The summed E-state index contributed by atoms with van der Waals surface area (Å²) in [4.78, 5) is 14.5. The molecule has 0 saturated carbocycles. The molecule has 1 aliphatic rings. The first-order valence-electron chi connectivity index (χ1n) is 8.08. The Morgan fingerprint density at radius 1 is 1.27 bits per heavy atom. The van der Waals surface area contributed by atoms with E-state index in [1.165, 1.54) is 0 Å². The second-order valence-electron chi connectivity index (χ2n) is 6.00. The molecule has 2 unspecified atom stereocenters. The predicted molar refractivity (Wildman–Crippen MR) is 86.6 cm³/mol. The largest absolute Gasteiger partial charge is 0.382 e. The molecular weight excluding hydrogens is 278 g/mol. The van der Waals surface area contributed by atoms with Gasteiger partial charge < -0.3 is 14.4 Å². The minimum absolute atomic E-state index is 0.0801. The molecule has 0 bridgehead atoms. The number of carbonyl (C=O) groups is 1. The van der Waals surface area contributed by atoms with Crippen LogP contribution in [0.5, 0.6) is 0 Å². The zero-order valence-electron chi connectivity index (χ0n) is 14.0. The summed E-state index contributed by atoms with van der Waals surface area (Å²) in [6, 6.07) is 10.2. The molecule has 1 amide bonds. The molecule has 0 aromatic heterocycles. The van der Waals surface area contributed by atoms with Crippen LogP contribution in [0.2, 0.25) is 0 Å². The number of β-lactam (4-membered cyclic amide) rings is 1. The number of methoxy groups -OCH3 is 1. The molecule has 1 saturated heterocycles. The number of hydrogen-bond donors (Lipinski definition) is 0. The molecule has 22 heavy (non-hydrogen) atoms. The van der Waals surface area contributed by atoms with Gasteiger partial charge in [0, 0.05) is 26.9 Å². The average Bonchev–Trinajstić information content (AvgIpc) is 2.52. The summed E-state index contributed by atoms with van der Waals surface area (Å²) in [6.45, 7) is 8.38. The Morgan fingerprint density at radius 3 is 2.50 bits per heavy atom. The molecule has 122 valence electrons. The van der Waals surface area contributed by atoms with E-state index in [0.29, 0.717) is 19.8 Å². The highest BCUT2D eigenvalue weighted by molar-refractivity contribution is 5.91. The summed E-state index contributed by atoms with van der Waals surface area (Å²) in [5.74, 6) is 0.348. The maximum Gasteiger partial charge on any atom is 0.255 e. The van der Waals surface area contributed by atoms with Crippen LogP contribution in [0.15, 0.2) is 30.3 Å². The fourth-order valence-corrected chi connectivity index (χ4v) is 3.59. The summed E-state index contributed by atoms with van der Waals surface area (Å²) in [6.07, 6.45) is 0.444. The van der Waals surface area contributed by atoms with Crippen molar-refractivity contribution in [1.82, 2.24) is 4.90 Å². The molecule has 1 aromatic carbocycles. The van der Waals surface area contributed by atoms with Gasteiger partial charge in [-0.3, -0.25) is 4.79 Å². The average molecular weight is 305 g/mol. The SMILES string of the molecule is CCOCCCN1C(=O)C(OC)C1(c1ccccc1)C(C)C. The second-order valence-corrected chi connectivity index (χ2v) is 6.00. The third-order valence-electron chi connectivity index (χ3n) is 4.56. The minimum Gasteiger partial charge on any atom is -0.382 e. The van der Waals surface area contributed by atoms with E-state index >= 15 is 0 Å². The Labute approximate surface area is 133 Å². The Balaban J connectivity index is 2.28. The lowest BCUT2D eigenvalue weighted by Crippen LogP contribution is -2.74. The monoisotopic (exact) mass is 305 g/mol. The van der Waals surface area contributed by atoms with Gasteiger partial charge >= 0.3 is 0 Å². The molecule has 0 aliphatic carbocycles. The van der Waals surface area contributed by atoms with Gasteiger partial charge in [-0.15, -0.1) is 0 Å². The quantitative estimate of drug-likeness (QED) is 0.547. The fourth-order valence-electron chi connectivity index (χ4n) is 3.59. The Bertz CT molecular complexity index is 488. The zero-order chi connectivity index (χ0) is 16.2. The van der Waals surface area contributed by atoms with Crippen molar-refractivity contribution in [2.45, 2.75) is 38.8 Å². The van der Waals surface area contributed by atoms with Crippen LogP contribution in [-0.2, 0) is 19.8 Å². The first-order valence-corrected chi connectivity index (χ1v) is 8.08. The minimum atomic E-state index is -0.401. The van der Waals surface area contributed by atoms with E-state index in [1.807, 2.05) is 30.0 Å². The molecule has 0 radical (unpaired) electrons. The van der Waals surface area contributed by atoms with Gasteiger partial charge in [0.15, 0.2) is 6.10 Å². The third kappa shape index (κ3) is 2.66. The van der Waals surface area contributed by atoms with Crippen molar-refractivity contribution in [3.05, 3.63) is 35.9 Å². The van der Waals surface area contributed by atoms with E-state index in [1.54, 1.807) is 7.11 Å². The molecule has 0 spiro atoms. The van der Waals surface area contributed by atoms with Crippen LogP contribution >= 0.6 is 0 Å². The van der Waals surface area contributed by atoms with Crippen molar-refractivity contribution in [2.75, 3.05) is 26.9 Å². The summed E-state index contributed by atoms with van der Waals surface area (Å²) < 4.78 is 11.0. The molecular formula is C18H27NO3. The number of hydrogen-bond acceptors (Lipinski definition) is 3. The van der Waals surface area contributed by atoms with E-state index < -0.39 is 6.10 Å². The highest BCUT2D eigenvalue weighted by Crippen LogP contribution is 2.48. The molecule has 1 aromatic rings. The predicted octanol–water partition coefficient (Wildman–Crippen LogP) is 2.82. The molecule has 4 heteroatoms. The number of ether oxygens (including phenoxy) is 2. The molecule has 4 nitrogen and oxygen atoms in total. The van der Waals surface area contributed by atoms with Crippen LogP contribution in [0.3, 0.4) is 0 Å². The molecule has 2 atom stereocenters. The molecule has 1 fully saturated rings. The van der Waals surface area contributed by atoms with E-state index in [4.69, 9.17) is 9.47 Å². The van der Waals surface area contributed by atoms with Crippen LogP contribution in [0.25, 0.3) is 0 Å². The lowest BCUT2D eigenvalue weighted by Gasteiger charge is -2.59. The lowest BCUT2D eigenvalue weighted by molar-refractivity contribution is -0.202. The van der Waals surface area contributed by atoms with E-state index in [0.717, 1.165) is 12.0 Å². The maximum absolute atomic E-state index is 12.5. The van der Waals surface area contributed by atoms with Crippen LogP contribution in [0.1, 0.15) is 32.8 Å². The van der Waals surface area contributed by atoms with Gasteiger partial charge in [0.1, 0.15) is 5.54 Å². The molecule has 1 aliphatic heterocycles. The van der Waals surface area contributed by atoms with E-state index in [9.17, 15) is 4.79 Å². The number of rotatable bonds is 8. The van der Waals surface area contributed by atoms with Gasteiger partial charge in [0.05, 0.1) is 0 Å². The number of nitrogens with zero attached hydrogens (tertiary/aromatic N) is 1. The van der Waals surface area contributed by atoms with Gasteiger partial charge in [-0.1, -0.05) is 44.2 Å². The first kappa shape index (κ1) is 17.0. The number of likely N-dealkylation sites (tertiary alicyclic amines) is 1. The van der Waals surface area contributed by atoms with Gasteiger partial charge in [-0.25, -0.2) is 0 Å². The first-order chi connectivity index (χ1) is 10.6. The van der Waals surface area contributed by atoms with Crippen molar-refractivity contribution in [1.29, 1.82) is 0 Å². The summed E-state index contributed by atoms with van der Waals surface area (Å²) in [5, 5.41) is 0. The van der Waals surface area contributed by atoms with Gasteiger partial charge in [-0.2, -0.15) is 0 Å². The number of carbonyl (C=O) groups excluding carboxylic acids is 1. The van der Waals surface area contributed by atoms with Crippen LogP contribution < -0.4 is 0 Å². The van der Waals surface area contributed by atoms with Gasteiger partial charge in [-0.05, 0) is 24.8 Å². The van der Waals surface area contributed by atoms with Gasteiger partial charge in [0.25, 0.3) is 5.91 Å². The summed E-state index contributed by atoms with van der Waals surface area (Å²) in [5.41, 5.74) is 0.770. The third-order valence-corrected chi connectivity index (χ3v) is 4.56. The standard InChI is InChI=1S/C18H27NO3/c1-5-22-13-9-12-19-17(20)16(21-4)18(19,14(2)3)15-10-7-6-8-11-15/h6-8,10-11,14,16H,5,9,12-13H2,1-4H3. The van der Waals surface area contributed by atoms with Crippen LogP contribution in [-0.4, -0.2) is 43.8 Å². The molecule has 1 heterocycles. The summed E-state index contributed by atoms with van der Waals surface area (Å²) in [7, 11) is 1.63. The van der Waals surface area contributed by atoms with Crippen molar-refractivity contribution in [2.24, 2.45) is 5.92 Å². The number of amides is 1. The van der Waals surface area contributed by atoms with Gasteiger partial charge in [0.2, 0.25) is 0 Å².